The van der Waals surface area contributed by atoms with Crippen LogP contribution in [0.3, 0.4) is 0 Å². The van der Waals surface area contributed by atoms with Crippen molar-refractivity contribution in [2.24, 2.45) is 5.73 Å². The second-order valence-corrected chi connectivity index (χ2v) is 7.18. The number of amides is 2. The first-order chi connectivity index (χ1) is 14.9. The zero-order valence-electron chi connectivity index (χ0n) is 18.0. The zero-order chi connectivity index (χ0) is 22.6. The Morgan fingerprint density at radius 3 is 2.45 bits per heavy atom. The molecule has 168 valence electrons. The summed E-state index contributed by atoms with van der Waals surface area (Å²) in [5.74, 6) is -0.614. The Hall–Kier alpha value is -3.13. The minimum Gasteiger partial charge on any atom is -0.450 e. The van der Waals surface area contributed by atoms with Gasteiger partial charge < -0.3 is 21.1 Å². The summed E-state index contributed by atoms with van der Waals surface area (Å²) in [6.07, 6.45) is 2.90. The molecule has 2 amide bonds. The number of anilines is 3. The monoisotopic (exact) mass is 430 g/mol. The van der Waals surface area contributed by atoms with Crippen molar-refractivity contribution in [2.75, 3.05) is 22.6 Å². The van der Waals surface area contributed by atoms with Crippen molar-refractivity contribution in [3.8, 4) is 0 Å². The summed E-state index contributed by atoms with van der Waals surface area (Å²) >= 11 is 0. The highest BCUT2D eigenvalue weighted by molar-refractivity contribution is 6.00. The topological polar surface area (TPSA) is 105 Å². The molecule has 0 aliphatic heterocycles. The molecule has 0 aromatic heterocycles. The van der Waals surface area contributed by atoms with Gasteiger partial charge in [-0.3, -0.25) is 10.1 Å². The van der Waals surface area contributed by atoms with Crippen LogP contribution in [0.25, 0.3) is 0 Å². The summed E-state index contributed by atoms with van der Waals surface area (Å²) < 4.78 is 18.0. The quantitative estimate of drug-likeness (QED) is 0.381. The lowest BCUT2D eigenvalue weighted by molar-refractivity contribution is -0.117. The Kier molecular flexibility index (Phi) is 9.77. The largest absolute Gasteiger partial charge is 0.450 e. The lowest BCUT2D eigenvalue weighted by atomic mass is 10.1. The molecule has 5 N–H and O–H groups in total. The minimum absolute atomic E-state index is 0.229. The van der Waals surface area contributed by atoms with E-state index in [0.29, 0.717) is 30.0 Å². The number of hydrogen-bond acceptors (Lipinski definition) is 5. The number of ether oxygens (including phenoxy) is 1. The van der Waals surface area contributed by atoms with Crippen molar-refractivity contribution in [3.05, 3.63) is 53.8 Å². The molecule has 0 radical (unpaired) electrons. The van der Waals surface area contributed by atoms with Crippen molar-refractivity contribution in [1.82, 2.24) is 0 Å². The molecular weight excluding hydrogens is 399 g/mol. The van der Waals surface area contributed by atoms with Crippen LogP contribution in [-0.4, -0.2) is 24.6 Å². The highest BCUT2D eigenvalue weighted by atomic mass is 19.1. The lowest BCUT2D eigenvalue weighted by Gasteiger charge is -2.17. The highest BCUT2D eigenvalue weighted by Crippen LogP contribution is 2.27. The average molecular weight is 431 g/mol. The zero-order valence-corrected chi connectivity index (χ0v) is 18.0. The molecule has 2 aromatic rings. The van der Waals surface area contributed by atoms with Gasteiger partial charge in [-0.2, -0.15) is 0 Å². The van der Waals surface area contributed by atoms with E-state index < -0.39 is 12.1 Å². The van der Waals surface area contributed by atoms with Crippen molar-refractivity contribution in [2.45, 2.75) is 52.1 Å². The van der Waals surface area contributed by atoms with E-state index in [4.69, 9.17) is 10.5 Å². The van der Waals surface area contributed by atoms with Crippen molar-refractivity contribution >= 4 is 29.1 Å². The van der Waals surface area contributed by atoms with Gasteiger partial charge in [0.15, 0.2) is 0 Å². The van der Waals surface area contributed by atoms with Crippen LogP contribution in [0.1, 0.15) is 45.1 Å². The van der Waals surface area contributed by atoms with Gasteiger partial charge in [0.1, 0.15) is 5.82 Å². The number of rotatable bonds is 11. The number of hydrogen-bond donors (Lipinski definition) is 4. The van der Waals surface area contributed by atoms with Crippen LogP contribution in [0.15, 0.2) is 42.5 Å². The van der Waals surface area contributed by atoms with Crippen LogP contribution in [-0.2, 0) is 16.1 Å². The van der Waals surface area contributed by atoms with Crippen LogP contribution in [0.5, 0.6) is 0 Å². The van der Waals surface area contributed by atoms with Gasteiger partial charge in [0.2, 0.25) is 5.91 Å². The molecule has 0 bridgehead atoms. The lowest BCUT2D eigenvalue weighted by Crippen LogP contribution is -2.35. The number of unbranched alkanes of at least 4 members (excludes halogenated alkanes) is 2. The Bertz CT molecular complexity index is 858. The molecule has 0 saturated heterocycles. The van der Waals surface area contributed by atoms with Crippen LogP contribution in [0, 0.1) is 5.82 Å². The average Bonchev–Trinajstić information content (AvgIpc) is 2.75. The first kappa shape index (κ1) is 24.1. The fraction of sp³-hybridized carbons (Fsp3) is 0.391. The Morgan fingerprint density at radius 1 is 1.03 bits per heavy atom. The maximum absolute atomic E-state index is 13.1. The molecule has 8 heteroatoms. The van der Waals surface area contributed by atoms with E-state index in [2.05, 4.69) is 22.9 Å². The fourth-order valence-electron chi connectivity index (χ4n) is 2.92. The molecule has 0 aliphatic rings. The molecule has 0 spiro atoms. The molecular formula is C23H31FN4O3. The van der Waals surface area contributed by atoms with Gasteiger partial charge in [-0.1, -0.05) is 38.3 Å². The highest BCUT2D eigenvalue weighted by Gasteiger charge is 2.16. The number of halogens is 1. The smallest absolute Gasteiger partial charge is 0.411 e. The SMILES string of the molecule is CCCCC[C@H](N)C(=O)Nc1cc(NCc2ccc(F)cc2)ccc1NC(=O)OCC. The van der Waals surface area contributed by atoms with Gasteiger partial charge in [0, 0.05) is 12.2 Å². The Labute approximate surface area is 182 Å². The summed E-state index contributed by atoms with van der Waals surface area (Å²) in [4.78, 5) is 24.4. The Balaban J connectivity index is 2.13. The molecule has 7 nitrogen and oxygen atoms in total. The van der Waals surface area contributed by atoms with Gasteiger partial charge >= 0.3 is 6.09 Å². The first-order valence-corrected chi connectivity index (χ1v) is 10.6. The molecule has 0 aliphatic carbocycles. The van der Waals surface area contributed by atoms with Gasteiger partial charge in [-0.05, 0) is 49.2 Å². The van der Waals surface area contributed by atoms with Gasteiger partial charge in [-0.15, -0.1) is 0 Å². The van der Waals surface area contributed by atoms with E-state index >= 15 is 0 Å². The number of carbonyl (C=O) groups is 2. The predicted molar refractivity (Wildman–Crippen MR) is 122 cm³/mol. The summed E-state index contributed by atoms with van der Waals surface area (Å²) in [6, 6.07) is 10.7. The molecule has 1 atom stereocenters. The standard InChI is InChI=1S/C23H31FN4O3/c1-3-5-6-7-19(25)22(29)27-21-14-18(12-13-20(21)28-23(30)31-4-2)26-15-16-8-10-17(24)11-9-16/h8-14,19,26H,3-7,15,25H2,1-2H3,(H,27,29)(H,28,30)/t19-/m0/s1. The third-order valence-electron chi connectivity index (χ3n) is 4.65. The number of benzene rings is 2. The van der Waals surface area contributed by atoms with Crippen LogP contribution in [0.2, 0.25) is 0 Å². The molecule has 0 heterocycles. The number of nitrogens with two attached hydrogens (primary N) is 1. The van der Waals surface area contributed by atoms with Crippen molar-refractivity contribution < 1.29 is 18.7 Å². The minimum atomic E-state index is -0.641. The molecule has 31 heavy (non-hydrogen) atoms. The summed E-state index contributed by atoms with van der Waals surface area (Å²) in [5.41, 5.74) is 8.45. The van der Waals surface area contributed by atoms with Crippen LogP contribution < -0.4 is 21.7 Å². The van der Waals surface area contributed by atoms with E-state index in [1.165, 1.54) is 12.1 Å². The van der Waals surface area contributed by atoms with E-state index in [9.17, 15) is 14.0 Å². The summed E-state index contributed by atoms with van der Waals surface area (Å²) in [6.45, 7) is 4.49. The van der Waals surface area contributed by atoms with Gasteiger partial charge in [0.05, 0.1) is 24.0 Å². The molecule has 0 saturated carbocycles. The summed E-state index contributed by atoms with van der Waals surface area (Å²) in [5, 5.41) is 8.66. The second kappa shape index (κ2) is 12.5. The second-order valence-electron chi connectivity index (χ2n) is 7.18. The van der Waals surface area contributed by atoms with E-state index in [-0.39, 0.29) is 18.3 Å². The maximum Gasteiger partial charge on any atom is 0.411 e. The first-order valence-electron chi connectivity index (χ1n) is 10.6. The van der Waals surface area contributed by atoms with Gasteiger partial charge in [0.25, 0.3) is 0 Å². The fourth-order valence-corrected chi connectivity index (χ4v) is 2.92. The summed E-state index contributed by atoms with van der Waals surface area (Å²) in [7, 11) is 0. The van der Waals surface area contributed by atoms with E-state index in [1.807, 2.05) is 0 Å². The normalized spacial score (nSPS) is 11.5. The van der Waals surface area contributed by atoms with E-state index in [1.54, 1.807) is 37.3 Å². The molecule has 0 fully saturated rings. The maximum atomic E-state index is 13.1. The predicted octanol–water partition coefficient (Wildman–Crippen LogP) is 4.85. The third kappa shape index (κ3) is 8.25. The van der Waals surface area contributed by atoms with Crippen molar-refractivity contribution in [3.63, 3.8) is 0 Å². The van der Waals surface area contributed by atoms with Gasteiger partial charge in [-0.25, -0.2) is 9.18 Å². The Morgan fingerprint density at radius 2 is 1.77 bits per heavy atom. The van der Waals surface area contributed by atoms with E-state index in [0.717, 1.165) is 24.8 Å². The van der Waals surface area contributed by atoms with Crippen molar-refractivity contribution in [1.29, 1.82) is 0 Å². The molecule has 2 rings (SSSR count). The van der Waals surface area contributed by atoms with Crippen LogP contribution in [0.4, 0.5) is 26.2 Å². The number of carbonyl (C=O) groups excluding carboxylic acids is 2. The molecule has 0 unspecified atom stereocenters. The number of nitrogens with one attached hydrogen (secondary N) is 3. The van der Waals surface area contributed by atoms with Crippen LogP contribution >= 0.6 is 0 Å². The third-order valence-corrected chi connectivity index (χ3v) is 4.65. The molecule has 2 aromatic carbocycles.